The van der Waals surface area contributed by atoms with Crippen molar-refractivity contribution in [3.8, 4) is 0 Å². The Bertz CT molecular complexity index is 298. The highest BCUT2D eigenvalue weighted by Crippen LogP contribution is 2.30. The summed E-state index contributed by atoms with van der Waals surface area (Å²) in [7, 11) is 0. The Hall–Kier alpha value is -0.350. The van der Waals surface area contributed by atoms with Gasteiger partial charge in [0.2, 0.25) is 5.13 Å². The minimum absolute atomic E-state index is 0.654. The van der Waals surface area contributed by atoms with Gasteiger partial charge in [-0.15, -0.1) is 11.6 Å². The van der Waals surface area contributed by atoms with Crippen molar-refractivity contribution >= 4 is 28.3 Å². The fourth-order valence-electron chi connectivity index (χ4n) is 1.63. The molecule has 0 radical (unpaired) electrons. The fourth-order valence-corrected chi connectivity index (χ4v) is 2.58. The van der Waals surface area contributed by atoms with E-state index < -0.39 is 0 Å². The lowest BCUT2D eigenvalue weighted by molar-refractivity contribution is 0.390. The smallest absolute Gasteiger partial charge is 0.205 e. The molecular weight excluding hydrogens is 218 g/mol. The van der Waals surface area contributed by atoms with Crippen LogP contribution < -0.4 is 4.90 Å². The zero-order valence-electron chi connectivity index (χ0n) is 8.24. The minimum atomic E-state index is 0.654. The third kappa shape index (κ3) is 2.01. The number of hydrogen-bond acceptors (Lipinski definition) is 4. The van der Waals surface area contributed by atoms with Crippen LogP contribution in [0.2, 0.25) is 0 Å². The Morgan fingerprint density at radius 3 is 2.79 bits per heavy atom. The van der Waals surface area contributed by atoms with Crippen molar-refractivity contribution in [1.82, 2.24) is 9.36 Å². The number of aryl methyl sites for hydroxylation is 1. The van der Waals surface area contributed by atoms with Gasteiger partial charge in [-0.3, -0.25) is 0 Å². The van der Waals surface area contributed by atoms with E-state index in [-0.39, 0.29) is 0 Å². The van der Waals surface area contributed by atoms with Crippen molar-refractivity contribution in [2.45, 2.75) is 32.2 Å². The van der Waals surface area contributed by atoms with Crippen LogP contribution >= 0.6 is 23.1 Å². The van der Waals surface area contributed by atoms with Gasteiger partial charge >= 0.3 is 0 Å². The van der Waals surface area contributed by atoms with Gasteiger partial charge in [0.05, 0.1) is 0 Å². The van der Waals surface area contributed by atoms with Gasteiger partial charge < -0.3 is 4.90 Å². The van der Waals surface area contributed by atoms with E-state index >= 15 is 0 Å². The van der Waals surface area contributed by atoms with Gasteiger partial charge in [0.25, 0.3) is 0 Å². The van der Waals surface area contributed by atoms with Crippen molar-refractivity contribution < 1.29 is 0 Å². The van der Waals surface area contributed by atoms with Crippen molar-refractivity contribution in [2.24, 2.45) is 0 Å². The molecule has 0 unspecified atom stereocenters. The number of nitrogens with zero attached hydrogens (tertiary/aromatic N) is 3. The minimum Gasteiger partial charge on any atom is -0.343 e. The topological polar surface area (TPSA) is 29.0 Å². The van der Waals surface area contributed by atoms with Crippen LogP contribution in [-0.2, 0) is 0 Å². The molecule has 3 nitrogen and oxygen atoms in total. The molecule has 2 rings (SSSR count). The van der Waals surface area contributed by atoms with Crippen LogP contribution in [0.1, 0.15) is 25.1 Å². The third-order valence-electron chi connectivity index (χ3n) is 2.60. The second-order valence-electron chi connectivity index (χ2n) is 3.59. The van der Waals surface area contributed by atoms with E-state index in [0.717, 1.165) is 17.5 Å². The first-order valence-corrected chi connectivity index (χ1v) is 6.25. The highest BCUT2D eigenvalue weighted by molar-refractivity contribution is 7.09. The standard InChI is InChI=1S/C9H14ClN3S/c1-7-11-9(14-12-7)13(6-5-10)8-3-2-4-8/h8H,2-6H2,1H3. The second-order valence-corrected chi connectivity index (χ2v) is 4.70. The Morgan fingerprint density at radius 1 is 1.57 bits per heavy atom. The SMILES string of the molecule is Cc1nsc(N(CCCl)C2CCC2)n1. The fraction of sp³-hybridized carbons (Fsp3) is 0.778. The molecule has 1 aliphatic carbocycles. The van der Waals surface area contributed by atoms with E-state index in [1.54, 1.807) is 0 Å². The molecule has 0 N–H and O–H groups in total. The molecule has 78 valence electrons. The molecule has 0 aromatic carbocycles. The average molecular weight is 232 g/mol. The first-order chi connectivity index (χ1) is 6.81. The molecule has 0 spiro atoms. The molecule has 0 atom stereocenters. The molecule has 1 heterocycles. The molecule has 0 amide bonds. The van der Waals surface area contributed by atoms with E-state index in [1.807, 2.05) is 6.92 Å². The van der Waals surface area contributed by atoms with Crippen LogP contribution in [0, 0.1) is 6.92 Å². The second kappa shape index (κ2) is 4.45. The van der Waals surface area contributed by atoms with Crippen LogP contribution in [0.25, 0.3) is 0 Å². The van der Waals surface area contributed by atoms with Crippen LogP contribution in [-0.4, -0.2) is 27.8 Å². The highest BCUT2D eigenvalue weighted by Gasteiger charge is 2.26. The van der Waals surface area contributed by atoms with Crippen molar-refractivity contribution in [1.29, 1.82) is 0 Å². The lowest BCUT2D eigenvalue weighted by atomic mass is 9.92. The van der Waals surface area contributed by atoms with Gasteiger partial charge in [0.15, 0.2) is 0 Å². The summed E-state index contributed by atoms with van der Waals surface area (Å²) in [5.74, 6) is 1.53. The number of rotatable bonds is 4. The molecule has 1 fully saturated rings. The van der Waals surface area contributed by atoms with Gasteiger partial charge in [0.1, 0.15) is 5.82 Å². The lowest BCUT2D eigenvalue weighted by Crippen LogP contribution is -2.41. The molecule has 0 bridgehead atoms. The van der Waals surface area contributed by atoms with Gasteiger partial charge in [-0.2, -0.15) is 4.37 Å². The van der Waals surface area contributed by atoms with E-state index in [2.05, 4.69) is 14.3 Å². The van der Waals surface area contributed by atoms with Crippen LogP contribution in [0.3, 0.4) is 0 Å². The van der Waals surface area contributed by atoms with E-state index in [4.69, 9.17) is 11.6 Å². The Balaban J connectivity index is 2.09. The van der Waals surface area contributed by atoms with Crippen LogP contribution in [0.5, 0.6) is 0 Å². The molecule has 0 aliphatic heterocycles. The van der Waals surface area contributed by atoms with E-state index in [9.17, 15) is 0 Å². The van der Waals surface area contributed by atoms with Gasteiger partial charge in [-0.05, 0) is 26.2 Å². The molecule has 1 aromatic rings. The van der Waals surface area contributed by atoms with Crippen molar-refractivity contribution in [2.75, 3.05) is 17.3 Å². The Kier molecular flexibility index (Phi) is 3.23. The normalized spacial score (nSPS) is 16.7. The Morgan fingerprint density at radius 2 is 2.36 bits per heavy atom. The summed E-state index contributed by atoms with van der Waals surface area (Å²) in [6, 6.07) is 0.654. The number of halogens is 1. The summed E-state index contributed by atoms with van der Waals surface area (Å²) in [6.07, 6.45) is 3.88. The maximum atomic E-state index is 5.79. The molecule has 1 aromatic heterocycles. The van der Waals surface area contributed by atoms with E-state index in [0.29, 0.717) is 11.9 Å². The summed E-state index contributed by atoms with van der Waals surface area (Å²) in [4.78, 5) is 6.71. The first-order valence-electron chi connectivity index (χ1n) is 4.94. The zero-order valence-corrected chi connectivity index (χ0v) is 9.81. The zero-order chi connectivity index (χ0) is 9.97. The number of aromatic nitrogens is 2. The van der Waals surface area contributed by atoms with E-state index in [1.165, 1.54) is 30.8 Å². The first kappa shape index (κ1) is 10.2. The molecular formula is C9H14ClN3S. The number of alkyl halides is 1. The van der Waals surface area contributed by atoms with Crippen molar-refractivity contribution in [3.05, 3.63) is 5.82 Å². The predicted molar refractivity (Wildman–Crippen MR) is 60.4 cm³/mol. The summed E-state index contributed by atoms with van der Waals surface area (Å²) in [5.41, 5.74) is 0. The molecule has 5 heteroatoms. The quantitative estimate of drug-likeness (QED) is 0.746. The predicted octanol–water partition coefficient (Wildman–Crippen LogP) is 2.44. The maximum absolute atomic E-state index is 5.79. The molecule has 1 saturated carbocycles. The van der Waals surface area contributed by atoms with Gasteiger partial charge in [-0.1, -0.05) is 0 Å². The number of anilines is 1. The van der Waals surface area contributed by atoms with Gasteiger partial charge in [0, 0.05) is 30.0 Å². The third-order valence-corrected chi connectivity index (χ3v) is 3.62. The monoisotopic (exact) mass is 231 g/mol. The summed E-state index contributed by atoms with van der Waals surface area (Å²) in [6.45, 7) is 2.82. The van der Waals surface area contributed by atoms with Crippen molar-refractivity contribution in [3.63, 3.8) is 0 Å². The Labute approximate surface area is 93.3 Å². The molecule has 14 heavy (non-hydrogen) atoms. The summed E-state index contributed by atoms with van der Waals surface area (Å²) < 4.78 is 4.21. The van der Waals surface area contributed by atoms with Crippen LogP contribution in [0.4, 0.5) is 5.13 Å². The largest absolute Gasteiger partial charge is 0.343 e. The average Bonchev–Trinajstić information content (AvgIpc) is 2.48. The molecule has 1 aliphatic rings. The number of hydrogen-bond donors (Lipinski definition) is 0. The lowest BCUT2D eigenvalue weighted by Gasteiger charge is -2.36. The molecule has 0 saturated heterocycles. The van der Waals surface area contributed by atoms with Crippen LogP contribution in [0.15, 0.2) is 0 Å². The van der Waals surface area contributed by atoms with Gasteiger partial charge in [-0.25, -0.2) is 4.98 Å². The maximum Gasteiger partial charge on any atom is 0.205 e. The summed E-state index contributed by atoms with van der Waals surface area (Å²) in [5, 5.41) is 1.04. The highest BCUT2D eigenvalue weighted by atomic mass is 35.5. The summed E-state index contributed by atoms with van der Waals surface area (Å²) >= 11 is 7.27.